The molecule has 1 rings (SSSR count). The highest BCUT2D eigenvalue weighted by molar-refractivity contribution is 8.00. The fraction of sp³-hybridized carbons (Fsp3) is 0.467. The Bertz CT molecular complexity index is 492. The van der Waals surface area contributed by atoms with Crippen molar-refractivity contribution in [1.82, 2.24) is 4.90 Å². The van der Waals surface area contributed by atoms with Gasteiger partial charge in [0.25, 0.3) is 0 Å². The van der Waals surface area contributed by atoms with Gasteiger partial charge in [-0.05, 0) is 44.5 Å². The molecule has 0 bridgehead atoms. The molecule has 0 heterocycles. The summed E-state index contributed by atoms with van der Waals surface area (Å²) in [6.45, 7) is 5.32. The Morgan fingerprint density at radius 2 is 1.86 bits per heavy atom. The number of rotatable bonds is 7. The molecular formula is C15H20ClNO3S. The van der Waals surface area contributed by atoms with Crippen molar-refractivity contribution in [3.63, 3.8) is 0 Å². The van der Waals surface area contributed by atoms with Gasteiger partial charge in [-0.15, -0.1) is 11.8 Å². The van der Waals surface area contributed by atoms with Crippen molar-refractivity contribution in [1.29, 1.82) is 0 Å². The lowest BCUT2D eigenvalue weighted by atomic mass is 10.2. The summed E-state index contributed by atoms with van der Waals surface area (Å²) in [7, 11) is 0. The standard InChI is InChI=1S/C15H20ClNO3S/c1-4-10(2)17(9-14(18)19)15(20)11(3)21-13-7-5-12(16)6-8-13/h5-8,10-11H,4,9H2,1-3H3,(H,18,19). The first-order valence-corrected chi connectivity index (χ1v) is 8.05. The van der Waals surface area contributed by atoms with E-state index in [0.717, 1.165) is 11.3 Å². The highest BCUT2D eigenvalue weighted by atomic mass is 35.5. The molecule has 0 aliphatic rings. The van der Waals surface area contributed by atoms with E-state index in [2.05, 4.69) is 0 Å². The van der Waals surface area contributed by atoms with E-state index < -0.39 is 5.97 Å². The Morgan fingerprint density at radius 3 is 2.33 bits per heavy atom. The van der Waals surface area contributed by atoms with Crippen LogP contribution in [0.3, 0.4) is 0 Å². The molecule has 0 spiro atoms. The normalized spacial score (nSPS) is 13.5. The lowest BCUT2D eigenvalue weighted by Crippen LogP contribution is -2.45. The Hall–Kier alpha value is -1.20. The van der Waals surface area contributed by atoms with Crippen LogP contribution in [0.1, 0.15) is 27.2 Å². The number of nitrogens with zero attached hydrogens (tertiary/aromatic N) is 1. The lowest BCUT2D eigenvalue weighted by Gasteiger charge is -2.29. The van der Waals surface area contributed by atoms with E-state index in [1.54, 1.807) is 19.1 Å². The molecule has 1 aromatic carbocycles. The van der Waals surface area contributed by atoms with Crippen LogP contribution >= 0.6 is 23.4 Å². The number of thioether (sulfide) groups is 1. The number of benzene rings is 1. The molecule has 0 aliphatic heterocycles. The van der Waals surface area contributed by atoms with Crippen LogP contribution < -0.4 is 0 Å². The number of carboxylic acids is 1. The molecule has 0 aromatic heterocycles. The van der Waals surface area contributed by atoms with E-state index in [9.17, 15) is 9.59 Å². The smallest absolute Gasteiger partial charge is 0.323 e. The number of carboxylic acid groups (broad SMARTS) is 1. The molecular weight excluding hydrogens is 310 g/mol. The second-order valence-electron chi connectivity index (χ2n) is 4.83. The van der Waals surface area contributed by atoms with Crippen LogP contribution in [0.2, 0.25) is 5.02 Å². The first-order valence-electron chi connectivity index (χ1n) is 6.79. The van der Waals surface area contributed by atoms with Crippen LogP contribution in [0.25, 0.3) is 0 Å². The van der Waals surface area contributed by atoms with Crippen molar-refractivity contribution >= 4 is 35.2 Å². The summed E-state index contributed by atoms with van der Waals surface area (Å²) >= 11 is 7.23. The molecule has 4 nitrogen and oxygen atoms in total. The van der Waals surface area contributed by atoms with Gasteiger partial charge in [-0.25, -0.2) is 0 Å². The van der Waals surface area contributed by atoms with Gasteiger partial charge < -0.3 is 10.0 Å². The van der Waals surface area contributed by atoms with Gasteiger partial charge in [-0.3, -0.25) is 9.59 Å². The van der Waals surface area contributed by atoms with E-state index in [0.29, 0.717) is 5.02 Å². The SMILES string of the molecule is CCC(C)N(CC(=O)O)C(=O)C(C)Sc1ccc(Cl)cc1. The fourth-order valence-corrected chi connectivity index (χ4v) is 2.88. The van der Waals surface area contributed by atoms with Crippen LogP contribution in [0.15, 0.2) is 29.2 Å². The molecule has 1 amide bonds. The first kappa shape index (κ1) is 17.9. The van der Waals surface area contributed by atoms with Gasteiger partial charge in [0.05, 0.1) is 5.25 Å². The van der Waals surface area contributed by atoms with Gasteiger partial charge in [0.2, 0.25) is 5.91 Å². The number of amides is 1. The topological polar surface area (TPSA) is 57.6 Å². The van der Waals surface area contributed by atoms with E-state index in [-0.39, 0.29) is 23.7 Å². The van der Waals surface area contributed by atoms with Gasteiger partial charge in [-0.1, -0.05) is 18.5 Å². The van der Waals surface area contributed by atoms with Crippen LogP contribution in [-0.4, -0.2) is 39.7 Å². The molecule has 6 heteroatoms. The Labute approximate surface area is 134 Å². The number of hydrogen-bond donors (Lipinski definition) is 1. The zero-order valence-corrected chi connectivity index (χ0v) is 13.9. The maximum atomic E-state index is 12.5. The van der Waals surface area contributed by atoms with Gasteiger partial charge >= 0.3 is 5.97 Å². The fourth-order valence-electron chi connectivity index (χ4n) is 1.82. The molecule has 0 saturated heterocycles. The number of hydrogen-bond acceptors (Lipinski definition) is 3. The van der Waals surface area contributed by atoms with Crippen molar-refractivity contribution in [2.75, 3.05) is 6.54 Å². The average Bonchev–Trinajstić information content (AvgIpc) is 2.45. The minimum Gasteiger partial charge on any atom is -0.480 e. The summed E-state index contributed by atoms with van der Waals surface area (Å²) in [5, 5.41) is 9.26. The van der Waals surface area contributed by atoms with Gasteiger partial charge in [-0.2, -0.15) is 0 Å². The first-order chi connectivity index (χ1) is 9.85. The van der Waals surface area contributed by atoms with Crippen molar-refractivity contribution < 1.29 is 14.7 Å². The molecule has 0 radical (unpaired) electrons. The Morgan fingerprint density at radius 1 is 1.29 bits per heavy atom. The highest BCUT2D eigenvalue weighted by Gasteiger charge is 2.26. The van der Waals surface area contributed by atoms with E-state index >= 15 is 0 Å². The third kappa shape index (κ3) is 5.59. The minimum atomic E-state index is -0.993. The average molecular weight is 330 g/mol. The summed E-state index contributed by atoms with van der Waals surface area (Å²) in [6, 6.07) is 7.14. The summed E-state index contributed by atoms with van der Waals surface area (Å²) < 4.78 is 0. The molecule has 21 heavy (non-hydrogen) atoms. The molecule has 1 N–H and O–H groups in total. The van der Waals surface area contributed by atoms with E-state index in [1.807, 2.05) is 26.0 Å². The van der Waals surface area contributed by atoms with Crippen LogP contribution in [0, 0.1) is 0 Å². The van der Waals surface area contributed by atoms with Crippen LogP contribution in [0.5, 0.6) is 0 Å². The summed E-state index contributed by atoms with van der Waals surface area (Å²) in [6.07, 6.45) is 0.720. The van der Waals surface area contributed by atoms with Gasteiger partial charge in [0.15, 0.2) is 0 Å². The lowest BCUT2D eigenvalue weighted by molar-refractivity contribution is -0.145. The summed E-state index contributed by atoms with van der Waals surface area (Å²) in [4.78, 5) is 25.8. The molecule has 0 saturated carbocycles. The molecule has 2 atom stereocenters. The summed E-state index contributed by atoms with van der Waals surface area (Å²) in [5.41, 5.74) is 0. The largest absolute Gasteiger partial charge is 0.480 e. The zero-order valence-electron chi connectivity index (χ0n) is 12.4. The van der Waals surface area contributed by atoms with Crippen molar-refractivity contribution in [3.05, 3.63) is 29.3 Å². The van der Waals surface area contributed by atoms with Gasteiger partial charge in [0, 0.05) is 16.0 Å². The quantitative estimate of drug-likeness (QED) is 0.777. The monoisotopic (exact) mass is 329 g/mol. The van der Waals surface area contributed by atoms with Crippen molar-refractivity contribution in [3.8, 4) is 0 Å². The predicted octanol–water partition coefficient (Wildman–Crippen LogP) is 3.53. The molecule has 1 aromatic rings. The van der Waals surface area contributed by atoms with Crippen molar-refractivity contribution in [2.45, 2.75) is 43.4 Å². The summed E-state index contributed by atoms with van der Waals surface area (Å²) in [5.74, 6) is -1.15. The number of carbonyl (C=O) groups is 2. The molecule has 0 aliphatic carbocycles. The third-order valence-corrected chi connectivity index (χ3v) is 4.54. The second-order valence-corrected chi connectivity index (χ2v) is 6.68. The molecule has 116 valence electrons. The Balaban J connectivity index is 2.77. The van der Waals surface area contributed by atoms with E-state index in [1.165, 1.54) is 16.7 Å². The number of halogens is 1. The van der Waals surface area contributed by atoms with E-state index in [4.69, 9.17) is 16.7 Å². The number of carbonyl (C=O) groups excluding carboxylic acids is 1. The van der Waals surface area contributed by atoms with Crippen LogP contribution in [0.4, 0.5) is 0 Å². The predicted molar refractivity (Wildman–Crippen MR) is 85.9 cm³/mol. The number of aliphatic carboxylic acids is 1. The zero-order chi connectivity index (χ0) is 16.0. The second kappa shape index (κ2) is 8.29. The van der Waals surface area contributed by atoms with Gasteiger partial charge in [0.1, 0.15) is 6.54 Å². The molecule has 2 unspecified atom stereocenters. The Kier molecular flexibility index (Phi) is 7.05. The minimum absolute atomic E-state index is 0.0955. The maximum absolute atomic E-state index is 12.5. The third-order valence-electron chi connectivity index (χ3n) is 3.19. The van der Waals surface area contributed by atoms with Crippen LogP contribution in [-0.2, 0) is 9.59 Å². The van der Waals surface area contributed by atoms with Crippen molar-refractivity contribution in [2.24, 2.45) is 0 Å². The molecule has 0 fully saturated rings. The highest BCUT2D eigenvalue weighted by Crippen LogP contribution is 2.26. The maximum Gasteiger partial charge on any atom is 0.323 e.